The number of likely N-dealkylation sites (tertiary alicyclic amines) is 1. The molecule has 4 rings (SSSR count). The van der Waals surface area contributed by atoms with Crippen molar-refractivity contribution in [1.29, 1.82) is 0 Å². The summed E-state index contributed by atoms with van der Waals surface area (Å²) >= 11 is 0. The number of Topliss-reactive ketones (excluding diaryl/α,β-unsaturated/α-hetero) is 1. The van der Waals surface area contributed by atoms with Crippen molar-refractivity contribution in [3.8, 4) is 0 Å². The molecule has 2 amide bonds. The molecule has 1 saturated carbocycles. The summed E-state index contributed by atoms with van der Waals surface area (Å²) in [5.74, 6) is -1.93. The van der Waals surface area contributed by atoms with Crippen molar-refractivity contribution in [3.63, 3.8) is 0 Å². The number of hydrogen-bond donors (Lipinski definition) is 1. The molecule has 3 heterocycles. The number of fused-ring (bicyclic) bond motifs is 1. The van der Waals surface area contributed by atoms with Crippen LogP contribution >= 0.6 is 0 Å². The van der Waals surface area contributed by atoms with Gasteiger partial charge in [-0.15, -0.1) is 0 Å². The molecule has 2 N–H and O–H groups in total. The van der Waals surface area contributed by atoms with Gasteiger partial charge in [-0.25, -0.2) is 8.42 Å². The van der Waals surface area contributed by atoms with E-state index in [1.807, 2.05) is 0 Å². The second-order valence-electron chi connectivity index (χ2n) is 7.89. The van der Waals surface area contributed by atoms with Crippen LogP contribution in [0.4, 0.5) is 0 Å². The van der Waals surface area contributed by atoms with Crippen molar-refractivity contribution < 1.29 is 22.8 Å². The summed E-state index contributed by atoms with van der Waals surface area (Å²) in [6.45, 7) is -0.360. The van der Waals surface area contributed by atoms with Gasteiger partial charge in [0.1, 0.15) is 0 Å². The minimum Gasteiger partial charge on any atom is -0.367 e. The van der Waals surface area contributed by atoms with Crippen LogP contribution in [0.5, 0.6) is 0 Å². The molecule has 0 bridgehead atoms. The van der Waals surface area contributed by atoms with Gasteiger partial charge in [0.05, 0.1) is 24.8 Å². The first-order valence-corrected chi connectivity index (χ1v) is 11.2. The van der Waals surface area contributed by atoms with E-state index in [4.69, 9.17) is 5.73 Å². The van der Waals surface area contributed by atoms with E-state index in [9.17, 15) is 22.8 Å². The largest absolute Gasteiger partial charge is 0.367 e. The molecule has 2 saturated heterocycles. The fourth-order valence-corrected chi connectivity index (χ4v) is 6.11. The van der Waals surface area contributed by atoms with Gasteiger partial charge in [-0.05, 0) is 30.4 Å². The Bertz CT molecular complexity index is 947. The number of hydrogen-bond acceptors (Lipinski definition) is 6. The fraction of sp³-hybridized carbons (Fsp3) is 0.526. The van der Waals surface area contributed by atoms with Crippen molar-refractivity contribution in [3.05, 3.63) is 36.5 Å². The summed E-state index contributed by atoms with van der Waals surface area (Å²) in [5.41, 5.74) is 4.16. The Labute approximate surface area is 169 Å². The number of carbonyl (C=O) groups excluding carboxylic acids is 3. The number of nitrogens with zero attached hydrogens (tertiary/aromatic N) is 3. The topological polar surface area (TPSA) is 131 Å². The first-order valence-electron chi connectivity index (χ1n) is 9.63. The number of aromatic nitrogens is 1. The predicted octanol–water partition coefficient (Wildman–Crippen LogP) is -0.375. The standard InChI is InChI=1S/C19H23N4O5S/c20-18(26)19-15(7-9-22(19)17(25)6-5-13-3-4-13)23(11-16(19)24)29(27,28)12-14-2-1-8-21-10-14/h1-2,6,8,10,13,15H,3-5,7,9,11-12H2,(H2,20,26). The van der Waals surface area contributed by atoms with E-state index in [-0.39, 0.29) is 18.7 Å². The fourth-order valence-electron chi connectivity index (χ4n) is 4.40. The van der Waals surface area contributed by atoms with Gasteiger partial charge in [-0.2, -0.15) is 4.31 Å². The maximum absolute atomic E-state index is 13.0. The monoisotopic (exact) mass is 419 g/mol. The summed E-state index contributed by atoms with van der Waals surface area (Å²) in [6, 6.07) is 2.27. The van der Waals surface area contributed by atoms with Crippen molar-refractivity contribution >= 4 is 27.6 Å². The van der Waals surface area contributed by atoms with Crippen LogP contribution in [0.2, 0.25) is 0 Å². The third-order valence-corrected chi connectivity index (χ3v) is 7.80. The summed E-state index contributed by atoms with van der Waals surface area (Å²) in [7, 11) is -3.92. The molecule has 2 unspecified atom stereocenters. The lowest BCUT2D eigenvalue weighted by atomic mass is 9.89. The third-order valence-electron chi connectivity index (χ3n) is 6.00. The Morgan fingerprint density at radius 3 is 2.69 bits per heavy atom. The van der Waals surface area contributed by atoms with Gasteiger partial charge >= 0.3 is 0 Å². The number of pyridine rings is 1. The molecule has 29 heavy (non-hydrogen) atoms. The molecular formula is C19H23N4O5S. The molecule has 1 aliphatic carbocycles. The molecule has 2 aliphatic heterocycles. The molecule has 3 aliphatic rings. The lowest BCUT2D eigenvalue weighted by Crippen LogP contribution is -2.64. The Kier molecular flexibility index (Phi) is 4.94. The molecule has 0 aromatic carbocycles. The summed E-state index contributed by atoms with van der Waals surface area (Å²) in [4.78, 5) is 43.3. The van der Waals surface area contributed by atoms with E-state index in [1.165, 1.54) is 23.7 Å². The Morgan fingerprint density at radius 2 is 2.07 bits per heavy atom. The van der Waals surface area contributed by atoms with Crippen LogP contribution in [0, 0.1) is 12.3 Å². The second-order valence-corrected chi connectivity index (χ2v) is 9.82. The van der Waals surface area contributed by atoms with Crippen molar-refractivity contribution in [2.75, 3.05) is 13.1 Å². The van der Waals surface area contributed by atoms with Gasteiger partial charge in [-0.3, -0.25) is 19.4 Å². The van der Waals surface area contributed by atoms with Crippen LogP contribution < -0.4 is 5.73 Å². The van der Waals surface area contributed by atoms with Crippen molar-refractivity contribution in [2.24, 2.45) is 11.7 Å². The van der Waals surface area contributed by atoms with E-state index in [1.54, 1.807) is 12.1 Å². The van der Waals surface area contributed by atoms with Gasteiger partial charge in [-0.1, -0.05) is 18.9 Å². The van der Waals surface area contributed by atoms with E-state index < -0.39 is 45.7 Å². The van der Waals surface area contributed by atoms with Gasteiger partial charge < -0.3 is 10.6 Å². The second kappa shape index (κ2) is 7.17. The zero-order valence-electron chi connectivity index (χ0n) is 15.9. The molecule has 0 spiro atoms. The van der Waals surface area contributed by atoms with Gasteiger partial charge in [0.15, 0.2) is 11.3 Å². The molecule has 9 nitrogen and oxygen atoms in total. The van der Waals surface area contributed by atoms with Gasteiger partial charge in [0.25, 0.3) is 5.91 Å². The number of rotatable bonds is 7. The van der Waals surface area contributed by atoms with Crippen molar-refractivity contribution in [2.45, 2.75) is 43.0 Å². The first kappa shape index (κ1) is 20.0. The SMILES string of the molecule is NC(=O)C12C(=O)CN(S(=O)(=O)Cc3cccnc3)C1CCN2C(=O)[CH]CC1CC1. The minimum atomic E-state index is -3.92. The van der Waals surface area contributed by atoms with Crippen LogP contribution in [0.3, 0.4) is 0 Å². The number of nitrogens with two attached hydrogens (primary N) is 1. The molecule has 2 atom stereocenters. The maximum atomic E-state index is 13.0. The summed E-state index contributed by atoms with van der Waals surface area (Å²) in [5, 5.41) is 0. The number of ketones is 1. The normalized spacial score (nSPS) is 27.2. The lowest BCUT2D eigenvalue weighted by Gasteiger charge is -2.34. The Hall–Kier alpha value is -2.33. The Balaban J connectivity index is 1.61. The number of amides is 2. The number of sulfonamides is 1. The molecule has 1 aromatic heterocycles. The summed E-state index contributed by atoms with van der Waals surface area (Å²) in [6.07, 6.45) is 7.36. The van der Waals surface area contributed by atoms with Crippen LogP contribution in [0.25, 0.3) is 0 Å². The highest BCUT2D eigenvalue weighted by molar-refractivity contribution is 7.88. The molecule has 1 aromatic rings. The van der Waals surface area contributed by atoms with Crippen LogP contribution in [0.15, 0.2) is 24.5 Å². The van der Waals surface area contributed by atoms with E-state index in [0.29, 0.717) is 17.9 Å². The molecule has 1 radical (unpaired) electrons. The third kappa shape index (κ3) is 3.33. The highest BCUT2D eigenvalue weighted by Gasteiger charge is 2.68. The van der Waals surface area contributed by atoms with E-state index in [0.717, 1.165) is 17.1 Å². The highest BCUT2D eigenvalue weighted by Crippen LogP contribution is 2.42. The average Bonchev–Trinajstić information content (AvgIpc) is 3.33. The number of carbonyl (C=O) groups is 3. The molecule has 155 valence electrons. The average molecular weight is 419 g/mol. The molecule has 3 fully saturated rings. The Morgan fingerprint density at radius 1 is 1.31 bits per heavy atom. The minimum absolute atomic E-state index is 0.109. The zero-order valence-corrected chi connectivity index (χ0v) is 16.7. The molecular weight excluding hydrogens is 396 g/mol. The quantitative estimate of drug-likeness (QED) is 0.600. The van der Waals surface area contributed by atoms with Gasteiger partial charge in [0, 0.05) is 18.9 Å². The van der Waals surface area contributed by atoms with Crippen LogP contribution in [0.1, 0.15) is 31.2 Å². The maximum Gasteiger partial charge on any atom is 0.252 e. The smallest absolute Gasteiger partial charge is 0.252 e. The zero-order chi connectivity index (χ0) is 20.8. The highest BCUT2D eigenvalue weighted by atomic mass is 32.2. The van der Waals surface area contributed by atoms with Crippen LogP contribution in [-0.4, -0.2) is 64.9 Å². The van der Waals surface area contributed by atoms with E-state index >= 15 is 0 Å². The van der Waals surface area contributed by atoms with Gasteiger partial charge in [0.2, 0.25) is 15.9 Å². The van der Waals surface area contributed by atoms with E-state index in [2.05, 4.69) is 4.98 Å². The summed E-state index contributed by atoms with van der Waals surface area (Å²) < 4.78 is 27.1. The van der Waals surface area contributed by atoms with Crippen molar-refractivity contribution in [1.82, 2.24) is 14.2 Å². The lowest BCUT2D eigenvalue weighted by molar-refractivity contribution is -0.147. The number of primary amides is 1. The predicted molar refractivity (Wildman–Crippen MR) is 102 cm³/mol. The van der Waals surface area contributed by atoms with Crippen LogP contribution in [-0.2, 0) is 30.2 Å². The molecule has 10 heteroatoms. The first-order chi connectivity index (χ1) is 13.8.